The van der Waals surface area contributed by atoms with E-state index in [0.717, 1.165) is 38.2 Å². The second-order valence-electron chi connectivity index (χ2n) is 6.18. The summed E-state index contributed by atoms with van der Waals surface area (Å²) >= 11 is 3.03. The molecule has 0 N–H and O–H groups in total. The molecule has 0 amide bonds. The second kappa shape index (κ2) is 7.66. The molecule has 136 valence electrons. The predicted molar refractivity (Wildman–Crippen MR) is 113 cm³/mol. The third-order valence-electron chi connectivity index (χ3n) is 4.49. The molecule has 0 saturated heterocycles. The number of hydrogen-bond acceptors (Lipinski definition) is 5. The number of carbonyl (C=O) groups is 1. The zero-order valence-corrected chi connectivity index (χ0v) is 16.8. The van der Waals surface area contributed by atoms with Gasteiger partial charge in [0.2, 0.25) is 0 Å². The summed E-state index contributed by atoms with van der Waals surface area (Å²) < 4.78 is 3.22. The maximum Gasteiger partial charge on any atom is 0.191 e. The summed E-state index contributed by atoms with van der Waals surface area (Å²) in [5.41, 5.74) is 2.11. The summed E-state index contributed by atoms with van der Waals surface area (Å²) in [6, 6.07) is 18.2. The Morgan fingerprint density at radius 3 is 2.56 bits per heavy atom. The van der Waals surface area contributed by atoms with Crippen LogP contribution in [-0.2, 0) is 6.54 Å². The third kappa shape index (κ3) is 3.42. The maximum absolute atomic E-state index is 12.8. The van der Waals surface area contributed by atoms with Crippen LogP contribution in [0.5, 0.6) is 0 Å². The molecule has 0 aliphatic carbocycles. The highest BCUT2D eigenvalue weighted by atomic mass is 32.2. The summed E-state index contributed by atoms with van der Waals surface area (Å²) in [6.07, 6.45) is 0. The first-order valence-electron chi connectivity index (χ1n) is 8.81. The lowest BCUT2D eigenvalue weighted by Crippen LogP contribution is -2.04. The molecule has 0 spiro atoms. The lowest BCUT2D eigenvalue weighted by Gasteiger charge is -2.07. The average Bonchev–Trinajstić information content (AvgIpc) is 3.28. The highest BCUT2D eigenvalue weighted by molar-refractivity contribution is 7.99. The Bertz CT molecular complexity index is 1100. The van der Waals surface area contributed by atoms with E-state index in [2.05, 4.69) is 33.8 Å². The van der Waals surface area contributed by atoms with Gasteiger partial charge in [0, 0.05) is 16.8 Å². The number of rotatable bonds is 6. The van der Waals surface area contributed by atoms with Crippen LogP contribution in [0.15, 0.2) is 59.8 Å². The van der Waals surface area contributed by atoms with Crippen LogP contribution in [-0.4, -0.2) is 26.3 Å². The Morgan fingerprint density at radius 2 is 1.81 bits per heavy atom. The zero-order chi connectivity index (χ0) is 18.8. The number of hydrogen-bond donors (Lipinski definition) is 0. The fourth-order valence-corrected chi connectivity index (χ4v) is 5.23. The Morgan fingerprint density at radius 1 is 1.07 bits per heavy atom. The Balaban J connectivity index is 1.55. The van der Waals surface area contributed by atoms with Crippen LogP contribution in [0.3, 0.4) is 0 Å². The normalized spacial score (nSPS) is 11.2. The van der Waals surface area contributed by atoms with Gasteiger partial charge in [0.05, 0.1) is 10.6 Å². The highest BCUT2D eigenvalue weighted by Crippen LogP contribution is 2.32. The molecule has 0 saturated carbocycles. The molecule has 0 fully saturated rings. The molecule has 4 rings (SSSR count). The van der Waals surface area contributed by atoms with Crippen molar-refractivity contribution in [2.24, 2.45) is 0 Å². The largest absolute Gasteiger partial charge is 0.302 e. The van der Waals surface area contributed by atoms with Crippen LogP contribution in [0.4, 0.5) is 0 Å². The van der Waals surface area contributed by atoms with Crippen molar-refractivity contribution >= 4 is 39.0 Å². The number of fused-ring (bicyclic) bond motifs is 1. The Labute approximate surface area is 166 Å². The molecule has 4 aromatic rings. The number of aromatic nitrogens is 3. The van der Waals surface area contributed by atoms with E-state index in [1.54, 1.807) is 11.3 Å². The highest BCUT2D eigenvalue weighted by Gasteiger charge is 2.18. The van der Waals surface area contributed by atoms with Gasteiger partial charge in [-0.05, 0) is 30.9 Å². The molecule has 0 bridgehead atoms. The van der Waals surface area contributed by atoms with Crippen molar-refractivity contribution < 1.29 is 4.79 Å². The molecular weight excluding hydrogens is 374 g/mol. The molecule has 0 aliphatic rings. The number of nitrogens with zero attached hydrogens (tertiary/aromatic N) is 3. The Kier molecular flexibility index (Phi) is 5.09. The minimum atomic E-state index is 0.144. The predicted octanol–water partition coefficient (Wildman–Crippen LogP) is 5.46. The summed E-state index contributed by atoms with van der Waals surface area (Å²) in [5.74, 6) is 1.34. The third-order valence-corrected chi connectivity index (χ3v) is 6.78. The minimum Gasteiger partial charge on any atom is -0.302 e. The quantitative estimate of drug-likeness (QED) is 0.322. The lowest BCUT2D eigenvalue weighted by atomic mass is 10.1. The molecule has 2 heterocycles. The van der Waals surface area contributed by atoms with Crippen molar-refractivity contribution in [1.82, 2.24) is 14.8 Å². The molecule has 0 radical (unpaired) electrons. The van der Waals surface area contributed by atoms with Gasteiger partial charge in [-0.15, -0.1) is 21.5 Å². The molecule has 0 unspecified atom stereocenters. The summed E-state index contributed by atoms with van der Waals surface area (Å²) in [4.78, 5) is 13.7. The topological polar surface area (TPSA) is 47.8 Å². The van der Waals surface area contributed by atoms with Gasteiger partial charge in [-0.1, -0.05) is 60.3 Å². The Hall–Kier alpha value is -2.44. The van der Waals surface area contributed by atoms with Crippen molar-refractivity contribution in [3.8, 4) is 11.4 Å². The first-order valence-corrected chi connectivity index (χ1v) is 10.6. The monoisotopic (exact) mass is 393 g/mol. The molecule has 0 aliphatic heterocycles. The summed E-state index contributed by atoms with van der Waals surface area (Å²) in [5, 5.41) is 10.6. The van der Waals surface area contributed by atoms with E-state index in [0.29, 0.717) is 5.75 Å². The van der Waals surface area contributed by atoms with E-state index >= 15 is 0 Å². The van der Waals surface area contributed by atoms with Gasteiger partial charge in [0.25, 0.3) is 0 Å². The van der Waals surface area contributed by atoms with Crippen LogP contribution in [0, 0.1) is 6.92 Å². The summed E-state index contributed by atoms with van der Waals surface area (Å²) in [7, 11) is 0. The first-order chi connectivity index (χ1) is 13.2. The zero-order valence-electron chi connectivity index (χ0n) is 15.2. The summed E-state index contributed by atoms with van der Waals surface area (Å²) in [6.45, 7) is 4.85. The number of carbonyl (C=O) groups excluding carboxylic acids is 1. The molecule has 27 heavy (non-hydrogen) atoms. The number of Topliss-reactive ketones (excluding diaryl/α,β-unsaturated/α-hetero) is 1. The first kappa shape index (κ1) is 17.9. The van der Waals surface area contributed by atoms with E-state index in [1.165, 1.54) is 17.1 Å². The van der Waals surface area contributed by atoms with Crippen molar-refractivity contribution in [2.45, 2.75) is 25.5 Å². The average molecular weight is 394 g/mol. The number of thioether (sulfide) groups is 1. The van der Waals surface area contributed by atoms with E-state index in [4.69, 9.17) is 0 Å². The van der Waals surface area contributed by atoms with Gasteiger partial charge in [-0.2, -0.15) is 0 Å². The fraction of sp³-hybridized carbons (Fsp3) is 0.190. The fourth-order valence-electron chi connectivity index (χ4n) is 3.12. The van der Waals surface area contributed by atoms with Gasteiger partial charge in [-0.25, -0.2) is 0 Å². The van der Waals surface area contributed by atoms with Gasteiger partial charge in [0.1, 0.15) is 0 Å². The van der Waals surface area contributed by atoms with Crippen molar-refractivity contribution in [3.63, 3.8) is 0 Å². The van der Waals surface area contributed by atoms with Crippen molar-refractivity contribution in [3.05, 3.63) is 65.0 Å². The number of ketones is 1. The van der Waals surface area contributed by atoms with E-state index in [-0.39, 0.29) is 5.78 Å². The van der Waals surface area contributed by atoms with Crippen LogP contribution in [0.1, 0.15) is 22.2 Å². The SMILES string of the molecule is CCn1c(SCC(=O)c2sc3ccccc3c2C)nnc1-c1ccccc1. The van der Waals surface area contributed by atoms with Gasteiger partial charge < -0.3 is 4.57 Å². The van der Waals surface area contributed by atoms with Crippen LogP contribution < -0.4 is 0 Å². The number of aryl methyl sites for hydroxylation is 1. The second-order valence-corrected chi connectivity index (χ2v) is 8.18. The van der Waals surface area contributed by atoms with E-state index < -0.39 is 0 Å². The van der Waals surface area contributed by atoms with Gasteiger partial charge >= 0.3 is 0 Å². The van der Waals surface area contributed by atoms with Crippen molar-refractivity contribution in [2.75, 3.05) is 5.75 Å². The molecular formula is C21H19N3OS2. The lowest BCUT2D eigenvalue weighted by molar-refractivity contribution is 0.102. The molecule has 4 nitrogen and oxygen atoms in total. The smallest absolute Gasteiger partial charge is 0.191 e. The van der Waals surface area contributed by atoms with Crippen LogP contribution in [0.2, 0.25) is 0 Å². The van der Waals surface area contributed by atoms with Crippen LogP contribution in [0.25, 0.3) is 21.5 Å². The van der Waals surface area contributed by atoms with Gasteiger partial charge in [0.15, 0.2) is 16.8 Å². The standard InChI is InChI=1S/C21H19N3OS2/c1-3-24-20(15-9-5-4-6-10-15)22-23-21(24)26-13-17(25)19-14(2)16-11-7-8-12-18(16)27-19/h4-12H,3,13H2,1-2H3. The minimum absolute atomic E-state index is 0.144. The molecule has 0 atom stereocenters. The number of benzene rings is 2. The van der Waals surface area contributed by atoms with Crippen LogP contribution >= 0.6 is 23.1 Å². The van der Waals surface area contributed by atoms with E-state index in [1.807, 2.05) is 49.4 Å². The van der Waals surface area contributed by atoms with Gasteiger partial charge in [-0.3, -0.25) is 4.79 Å². The molecule has 2 aromatic heterocycles. The van der Waals surface area contributed by atoms with Crippen molar-refractivity contribution in [1.29, 1.82) is 0 Å². The maximum atomic E-state index is 12.8. The molecule has 6 heteroatoms. The molecule has 2 aromatic carbocycles. The number of thiophene rings is 1. The van der Waals surface area contributed by atoms with E-state index in [9.17, 15) is 4.79 Å².